The van der Waals surface area contributed by atoms with Gasteiger partial charge in [0.15, 0.2) is 5.78 Å². The first kappa shape index (κ1) is 13.6. The Bertz CT molecular complexity index is 814. The van der Waals surface area contributed by atoms with E-state index in [1.54, 1.807) is 16.8 Å². The number of hydrogen-bond acceptors (Lipinski definition) is 4. The number of carbonyl (C=O) groups excluding carboxylic acids is 1. The van der Waals surface area contributed by atoms with Crippen molar-refractivity contribution in [3.05, 3.63) is 51.6 Å². The number of rotatable bonds is 1. The van der Waals surface area contributed by atoms with E-state index < -0.39 is 0 Å². The van der Waals surface area contributed by atoms with Gasteiger partial charge in [0.05, 0.1) is 4.47 Å². The number of nitrogens with zero attached hydrogens (tertiary/aromatic N) is 3. The summed E-state index contributed by atoms with van der Waals surface area (Å²) in [4.78, 5) is 16.6. The number of fused-ring (bicyclic) bond motifs is 1. The molecule has 0 bridgehead atoms. The van der Waals surface area contributed by atoms with Crippen molar-refractivity contribution in [1.82, 2.24) is 14.8 Å². The Balaban J connectivity index is 1.92. The zero-order valence-corrected chi connectivity index (χ0v) is 13.1. The van der Waals surface area contributed by atoms with Crippen molar-refractivity contribution in [3.63, 3.8) is 0 Å². The van der Waals surface area contributed by atoms with E-state index in [1.807, 2.05) is 0 Å². The summed E-state index contributed by atoms with van der Waals surface area (Å²) in [5, 5.41) is 7.44. The summed E-state index contributed by atoms with van der Waals surface area (Å²) < 4.78 is 15.6. The molecule has 0 spiro atoms. The minimum Gasteiger partial charge on any atom is -0.328 e. The maximum Gasteiger partial charge on any atom is 0.226 e. The van der Waals surface area contributed by atoms with Crippen molar-refractivity contribution in [2.45, 2.75) is 25.3 Å². The molecular weight excluding hydrogens is 351 g/mol. The summed E-state index contributed by atoms with van der Waals surface area (Å²) >= 11 is 3.21. The lowest BCUT2D eigenvalue weighted by molar-refractivity contribution is -0.116. The molecule has 0 saturated heterocycles. The Kier molecular flexibility index (Phi) is 3.11. The van der Waals surface area contributed by atoms with Gasteiger partial charge in [-0.25, -0.2) is 9.07 Å². The number of halogens is 2. The van der Waals surface area contributed by atoms with Crippen molar-refractivity contribution in [2.24, 2.45) is 0 Å². The minimum absolute atomic E-state index is 0.111. The Morgan fingerprint density at radius 3 is 3.05 bits per heavy atom. The summed E-state index contributed by atoms with van der Waals surface area (Å²) in [5.41, 5.74) is 2.43. The average Bonchev–Trinajstić information content (AvgIpc) is 2.96. The number of aromatic nitrogens is 3. The Morgan fingerprint density at radius 2 is 2.23 bits per heavy atom. The summed E-state index contributed by atoms with van der Waals surface area (Å²) in [6.45, 7) is 0. The van der Waals surface area contributed by atoms with Crippen molar-refractivity contribution < 1.29 is 9.18 Å². The first-order valence-corrected chi connectivity index (χ1v) is 7.82. The highest BCUT2D eigenvalue weighted by molar-refractivity contribution is 9.10. The third-order valence-electron chi connectivity index (χ3n) is 4.07. The lowest BCUT2D eigenvalue weighted by Crippen LogP contribution is -2.31. The number of ketones is 1. The zero-order chi connectivity index (χ0) is 15.3. The van der Waals surface area contributed by atoms with Gasteiger partial charge in [-0.1, -0.05) is 6.07 Å². The fraction of sp³-hybridized carbons (Fsp3) is 0.267. The van der Waals surface area contributed by atoms with E-state index in [0.717, 1.165) is 24.1 Å². The van der Waals surface area contributed by atoms with Crippen LogP contribution in [0.5, 0.6) is 0 Å². The molecule has 1 atom stereocenters. The van der Waals surface area contributed by atoms with Gasteiger partial charge in [0.1, 0.15) is 18.2 Å². The molecule has 1 aromatic heterocycles. The molecule has 5 nitrogen and oxygen atoms in total. The minimum atomic E-state index is -0.363. The summed E-state index contributed by atoms with van der Waals surface area (Å²) in [6, 6.07) is 4.42. The SMILES string of the molecule is O=C1CCCC2=C1[C@@H](c1ccc(F)c(Br)c1)n1ncnc1N2. The molecule has 0 amide bonds. The van der Waals surface area contributed by atoms with Gasteiger partial charge in [-0.15, -0.1) is 0 Å². The third-order valence-corrected chi connectivity index (χ3v) is 4.68. The van der Waals surface area contributed by atoms with Gasteiger partial charge < -0.3 is 5.32 Å². The summed E-state index contributed by atoms with van der Waals surface area (Å²) in [5.74, 6) is 0.389. The van der Waals surface area contributed by atoms with Gasteiger partial charge in [-0.3, -0.25) is 4.79 Å². The average molecular weight is 363 g/mol. The first-order valence-electron chi connectivity index (χ1n) is 7.03. The van der Waals surface area contributed by atoms with Crippen LogP contribution >= 0.6 is 15.9 Å². The van der Waals surface area contributed by atoms with Crippen LogP contribution in [0.2, 0.25) is 0 Å². The highest BCUT2D eigenvalue weighted by Crippen LogP contribution is 2.40. The quantitative estimate of drug-likeness (QED) is 0.846. The monoisotopic (exact) mass is 362 g/mol. The zero-order valence-electron chi connectivity index (χ0n) is 11.5. The molecule has 7 heteroatoms. The predicted octanol–water partition coefficient (Wildman–Crippen LogP) is 3.20. The molecule has 0 radical (unpaired) electrons. The normalized spacial score (nSPS) is 20.5. The number of benzene rings is 1. The van der Waals surface area contributed by atoms with Crippen LogP contribution in [0.15, 0.2) is 40.3 Å². The van der Waals surface area contributed by atoms with Crippen molar-refractivity contribution in [2.75, 3.05) is 5.32 Å². The molecule has 1 aliphatic carbocycles. The van der Waals surface area contributed by atoms with Crippen LogP contribution in [-0.2, 0) is 4.79 Å². The lowest BCUT2D eigenvalue weighted by atomic mass is 9.85. The molecule has 2 heterocycles. The third kappa shape index (κ3) is 1.99. The number of allylic oxidation sites excluding steroid dienone is 2. The molecule has 22 heavy (non-hydrogen) atoms. The van der Waals surface area contributed by atoms with E-state index in [4.69, 9.17) is 0 Å². The number of hydrogen-bond donors (Lipinski definition) is 1. The van der Waals surface area contributed by atoms with Crippen LogP contribution in [0.1, 0.15) is 30.9 Å². The van der Waals surface area contributed by atoms with Crippen LogP contribution in [0.25, 0.3) is 0 Å². The topological polar surface area (TPSA) is 59.8 Å². The molecule has 0 fully saturated rings. The number of anilines is 1. The van der Waals surface area contributed by atoms with Gasteiger partial charge in [0, 0.05) is 17.7 Å². The van der Waals surface area contributed by atoms with E-state index in [2.05, 4.69) is 31.3 Å². The maximum absolute atomic E-state index is 13.5. The second kappa shape index (κ2) is 5.01. The summed E-state index contributed by atoms with van der Waals surface area (Å²) in [7, 11) is 0. The largest absolute Gasteiger partial charge is 0.328 e. The highest BCUT2D eigenvalue weighted by atomic mass is 79.9. The maximum atomic E-state index is 13.5. The first-order chi connectivity index (χ1) is 10.6. The van der Waals surface area contributed by atoms with E-state index in [1.165, 1.54) is 12.4 Å². The van der Waals surface area contributed by atoms with Crippen LogP contribution in [0, 0.1) is 5.82 Å². The molecule has 1 aromatic carbocycles. The fourth-order valence-electron chi connectivity index (χ4n) is 3.09. The molecular formula is C15H12BrFN4O. The molecule has 0 unspecified atom stereocenters. The molecule has 0 saturated carbocycles. The van der Waals surface area contributed by atoms with E-state index in [9.17, 15) is 9.18 Å². The Labute approximate surface area is 134 Å². The molecule has 2 aliphatic rings. The lowest BCUT2D eigenvalue weighted by Gasteiger charge is -2.32. The fourth-order valence-corrected chi connectivity index (χ4v) is 3.48. The van der Waals surface area contributed by atoms with Gasteiger partial charge in [0.25, 0.3) is 0 Å². The second-order valence-electron chi connectivity index (χ2n) is 5.40. The van der Waals surface area contributed by atoms with E-state index >= 15 is 0 Å². The van der Waals surface area contributed by atoms with Gasteiger partial charge >= 0.3 is 0 Å². The molecule has 4 rings (SSSR count). The van der Waals surface area contributed by atoms with Crippen molar-refractivity contribution >= 4 is 27.7 Å². The van der Waals surface area contributed by atoms with Gasteiger partial charge in [-0.05, 0) is 46.5 Å². The predicted molar refractivity (Wildman–Crippen MR) is 81.8 cm³/mol. The Hall–Kier alpha value is -2.02. The Morgan fingerprint density at radius 1 is 1.36 bits per heavy atom. The van der Waals surface area contributed by atoms with Crippen LogP contribution < -0.4 is 5.32 Å². The van der Waals surface area contributed by atoms with E-state index in [0.29, 0.717) is 22.4 Å². The van der Waals surface area contributed by atoms with Gasteiger partial charge in [0.2, 0.25) is 5.95 Å². The number of nitrogens with one attached hydrogen (secondary N) is 1. The van der Waals surface area contributed by atoms with E-state index in [-0.39, 0.29) is 17.6 Å². The van der Waals surface area contributed by atoms with Crippen LogP contribution in [-0.4, -0.2) is 20.5 Å². The highest BCUT2D eigenvalue weighted by Gasteiger charge is 2.36. The van der Waals surface area contributed by atoms with Crippen LogP contribution in [0.4, 0.5) is 10.3 Å². The van der Waals surface area contributed by atoms with Crippen molar-refractivity contribution in [3.8, 4) is 0 Å². The number of carbonyl (C=O) groups is 1. The molecule has 1 aliphatic heterocycles. The summed E-state index contributed by atoms with van der Waals surface area (Å²) in [6.07, 6.45) is 3.63. The second-order valence-corrected chi connectivity index (χ2v) is 6.25. The van der Waals surface area contributed by atoms with Crippen LogP contribution in [0.3, 0.4) is 0 Å². The number of Topliss-reactive ketones (excluding diaryl/α,β-unsaturated/α-hetero) is 1. The molecule has 112 valence electrons. The standard InChI is InChI=1S/C15H12BrFN4O/c16-9-6-8(4-5-10(9)17)14-13-11(2-1-3-12(13)22)20-15-18-7-19-21(14)15/h4-7,14H,1-3H2,(H,18,19,20)/t14-/m1/s1. The molecule has 1 N–H and O–H groups in total. The van der Waals surface area contributed by atoms with Gasteiger partial charge in [-0.2, -0.15) is 10.1 Å². The smallest absolute Gasteiger partial charge is 0.226 e. The molecule has 2 aromatic rings. The van der Waals surface area contributed by atoms with Crippen molar-refractivity contribution in [1.29, 1.82) is 0 Å².